The topological polar surface area (TPSA) is 74.4 Å². The van der Waals surface area contributed by atoms with E-state index in [9.17, 15) is 9.90 Å². The fraction of sp³-hybridized carbons (Fsp3) is 0.833. The third-order valence-electron chi connectivity index (χ3n) is 3.93. The highest BCUT2D eigenvalue weighted by molar-refractivity contribution is 5.82. The van der Waals surface area contributed by atoms with Gasteiger partial charge in [0.2, 0.25) is 0 Å². The Balaban J connectivity index is 0.000000379. The van der Waals surface area contributed by atoms with Crippen LogP contribution >= 0.6 is 0 Å². The van der Waals surface area contributed by atoms with Crippen LogP contribution in [0.15, 0.2) is 12.2 Å². The minimum absolute atomic E-state index is 0.0648. The molecule has 0 spiro atoms. The highest BCUT2D eigenvalue weighted by Gasteiger charge is 2.39. The van der Waals surface area contributed by atoms with Gasteiger partial charge >= 0.3 is 0 Å². The van der Waals surface area contributed by atoms with Gasteiger partial charge in [0.05, 0.1) is 31.4 Å². The van der Waals surface area contributed by atoms with Gasteiger partial charge < -0.3 is 24.1 Å². The zero-order valence-corrected chi connectivity index (χ0v) is 14.7. The van der Waals surface area contributed by atoms with E-state index in [1.54, 1.807) is 0 Å². The lowest BCUT2D eigenvalue weighted by molar-refractivity contribution is -0.299. The predicted octanol–water partition coefficient (Wildman–Crippen LogP) is 2.23. The van der Waals surface area contributed by atoms with Crippen LogP contribution in [0.3, 0.4) is 0 Å². The number of carboxylic acids is 1. The molecule has 134 valence electrons. The fourth-order valence-electron chi connectivity index (χ4n) is 2.26. The van der Waals surface area contributed by atoms with Gasteiger partial charge in [-0.15, -0.1) is 0 Å². The first kappa shape index (κ1) is 20.1. The SMILES string of the molecule is C=C(C)C(=O)[O-].CCCCC(OC(CCCC)C1CO1)C1CO1. The van der Waals surface area contributed by atoms with E-state index >= 15 is 0 Å². The number of carboxylic acid groups (broad SMARTS) is 1. The molecule has 0 aromatic heterocycles. The van der Waals surface area contributed by atoms with Crippen LogP contribution in [-0.2, 0) is 19.0 Å². The Labute approximate surface area is 140 Å². The molecule has 0 bridgehead atoms. The molecule has 0 amide bonds. The molecule has 2 aliphatic rings. The molecular formula is C18H31O5-. The van der Waals surface area contributed by atoms with E-state index in [0.717, 1.165) is 26.1 Å². The average molecular weight is 327 g/mol. The minimum atomic E-state index is -1.19. The van der Waals surface area contributed by atoms with Crippen LogP contribution in [-0.4, -0.2) is 43.6 Å². The standard InChI is InChI=1S/C14H26O3.C4H6O2/c1-3-5-7-11(13-9-15-13)17-12(8-6-4-2)14-10-16-14;1-3(2)4(5)6/h11-14H,3-10H2,1-2H3;1H2,2H3,(H,5,6)/p-1. The van der Waals surface area contributed by atoms with Crippen molar-refractivity contribution in [2.45, 2.75) is 83.7 Å². The van der Waals surface area contributed by atoms with Crippen LogP contribution < -0.4 is 5.11 Å². The van der Waals surface area contributed by atoms with E-state index in [4.69, 9.17) is 14.2 Å². The van der Waals surface area contributed by atoms with Crippen LogP contribution in [0.25, 0.3) is 0 Å². The van der Waals surface area contributed by atoms with Crippen LogP contribution in [0.1, 0.15) is 59.3 Å². The highest BCUT2D eigenvalue weighted by Crippen LogP contribution is 2.28. The van der Waals surface area contributed by atoms with E-state index in [-0.39, 0.29) is 5.57 Å². The lowest BCUT2D eigenvalue weighted by Gasteiger charge is -2.22. The maximum Gasteiger partial charge on any atom is 0.107 e. The molecule has 2 rings (SSSR count). The molecule has 0 radical (unpaired) electrons. The molecular weight excluding hydrogens is 296 g/mol. The van der Waals surface area contributed by atoms with Gasteiger partial charge in [-0.2, -0.15) is 0 Å². The van der Waals surface area contributed by atoms with E-state index in [1.165, 1.54) is 32.6 Å². The normalized spacial score (nSPS) is 24.1. The molecule has 5 nitrogen and oxygen atoms in total. The molecule has 4 unspecified atom stereocenters. The number of epoxide rings is 2. The third-order valence-corrected chi connectivity index (χ3v) is 3.93. The molecule has 0 saturated carbocycles. The number of hydrogen-bond acceptors (Lipinski definition) is 5. The zero-order valence-electron chi connectivity index (χ0n) is 14.7. The third kappa shape index (κ3) is 9.08. The summed E-state index contributed by atoms with van der Waals surface area (Å²) < 4.78 is 17.1. The van der Waals surface area contributed by atoms with Crippen molar-refractivity contribution in [1.82, 2.24) is 0 Å². The molecule has 2 aliphatic heterocycles. The highest BCUT2D eigenvalue weighted by atomic mass is 16.6. The van der Waals surface area contributed by atoms with Crippen LogP contribution in [0, 0.1) is 0 Å². The van der Waals surface area contributed by atoms with Gasteiger partial charge in [0.15, 0.2) is 0 Å². The smallest absolute Gasteiger partial charge is 0.107 e. The average Bonchev–Trinajstić information content (AvgIpc) is 3.39. The summed E-state index contributed by atoms with van der Waals surface area (Å²) in [5.41, 5.74) is 0.0648. The lowest BCUT2D eigenvalue weighted by atomic mass is 10.1. The number of ether oxygens (including phenoxy) is 3. The molecule has 23 heavy (non-hydrogen) atoms. The first-order valence-electron chi connectivity index (χ1n) is 8.75. The minimum Gasteiger partial charge on any atom is -0.545 e. The zero-order chi connectivity index (χ0) is 17.2. The molecule has 5 heteroatoms. The molecule has 2 fully saturated rings. The van der Waals surface area contributed by atoms with Crippen LogP contribution in [0.4, 0.5) is 0 Å². The predicted molar refractivity (Wildman–Crippen MR) is 87.0 cm³/mol. The van der Waals surface area contributed by atoms with Gasteiger partial charge in [0.1, 0.15) is 12.2 Å². The number of hydrogen-bond donors (Lipinski definition) is 0. The summed E-state index contributed by atoms with van der Waals surface area (Å²) in [5, 5.41) is 9.49. The monoisotopic (exact) mass is 327 g/mol. The first-order valence-corrected chi connectivity index (χ1v) is 8.75. The van der Waals surface area contributed by atoms with Crippen molar-refractivity contribution in [3.8, 4) is 0 Å². The molecule has 0 aromatic carbocycles. The molecule has 2 heterocycles. The van der Waals surface area contributed by atoms with Crippen molar-refractivity contribution in [3.63, 3.8) is 0 Å². The summed E-state index contributed by atoms with van der Waals surface area (Å²) in [6.45, 7) is 10.7. The molecule has 2 saturated heterocycles. The number of unbranched alkanes of at least 4 members (excludes halogenated alkanes) is 2. The van der Waals surface area contributed by atoms with Crippen molar-refractivity contribution in [3.05, 3.63) is 12.2 Å². The summed E-state index contributed by atoms with van der Waals surface area (Å²) in [5.74, 6) is -1.19. The largest absolute Gasteiger partial charge is 0.545 e. The van der Waals surface area contributed by atoms with Gasteiger partial charge in [-0.25, -0.2) is 0 Å². The molecule has 0 aromatic rings. The molecule has 0 N–H and O–H groups in total. The number of aliphatic carboxylic acids is 1. The second-order valence-corrected chi connectivity index (χ2v) is 6.31. The van der Waals surface area contributed by atoms with E-state index < -0.39 is 5.97 Å². The van der Waals surface area contributed by atoms with E-state index in [0.29, 0.717) is 24.4 Å². The molecule has 0 aliphatic carbocycles. The van der Waals surface area contributed by atoms with E-state index in [2.05, 4.69) is 20.4 Å². The van der Waals surface area contributed by atoms with E-state index in [1.807, 2.05) is 0 Å². The quantitative estimate of drug-likeness (QED) is 0.430. The Morgan fingerprint density at radius 3 is 1.70 bits per heavy atom. The Morgan fingerprint density at radius 1 is 1.13 bits per heavy atom. The van der Waals surface area contributed by atoms with Crippen molar-refractivity contribution < 1.29 is 24.1 Å². The van der Waals surface area contributed by atoms with Gasteiger partial charge in [-0.3, -0.25) is 0 Å². The number of carbonyl (C=O) groups is 1. The summed E-state index contributed by atoms with van der Waals surface area (Å²) in [6.07, 6.45) is 8.54. The van der Waals surface area contributed by atoms with Crippen LogP contribution in [0.2, 0.25) is 0 Å². The summed E-state index contributed by atoms with van der Waals surface area (Å²) in [7, 11) is 0. The Hall–Kier alpha value is -0.910. The second kappa shape index (κ2) is 10.8. The Morgan fingerprint density at radius 2 is 1.48 bits per heavy atom. The summed E-state index contributed by atoms with van der Waals surface area (Å²) in [6, 6.07) is 0. The van der Waals surface area contributed by atoms with Crippen LogP contribution in [0.5, 0.6) is 0 Å². The maximum absolute atomic E-state index is 9.49. The van der Waals surface area contributed by atoms with Gasteiger partial charge in [-0.05, 0) is 25.3 Å². The molecule has 4 atom stereocenters. The summed E-state index contributed by atoms with van der Waals surface area (Å²) >= 11 is 0. The van der Waals surface area contributed by atoms with Gasteiger partial charge in [0, 0.05) is 0 Å². The maximum atomic E-state index is 9.49. The second-order valence-electron chi connectivity index (χ2n) is 6.31. The Bertz CT molecular complexity index is 326. The number of rotatable bonds is 11. The first-order chi connectivity index (χ1) is 11.0. The van der Waals surface area contributed by atoms with Crippen molar-refractivity contribution in [2.75, 3.05) is 13.2 Å². The van der Waals surface area contributed by atoms with Crippen molar-refractivity contribution >= 4 is 5.97 Å². The van der Waals surface area contributed by atoms with Crippen molar-refractivity contribution in [1.29, 1.82) is 0 Å². The van der Waals surface area contributed by atoms with Crippen molar-refractivity contribution in [2.24, 2.45) is 0 Å². The fourth-order valence-corrected chi connectivity index (χ4v) is 2.26. The summed E-state index contributed by atoms with van der Waals surface area (Å²) in [4.78, 5) is 9.49. The Kier molecular flexibility index (Phi) is 9.44. The van der Waals surface area contributed by atoms with Gasteiger partial charge in [0.25, 0.3) is 0 Å². The van der Waals surface area contributed by atoms with Gasteiger partial charge in [-0.1, -0.05) is 46.1 Å². The number of carbonyl (C=O) groups excluding carboxylic acids is 1. The lowest BCUT2D eigenvalue weighted by Crippen LogP contribution is -2.30.